The molecular formula is C26H21ClN6. The molecule has 0 aliphatic rings. The predicted molar refractivity (Wildman–Crippen MR) is 133 cm³/mol. The van der Waals surface area contributed by atoms with Gasteiger partial charge in [0.05, 0.1) is 11.9 Å². The van der Waals surface area contributed by atoms with Crippen LogP contribution in [0.5, 0.6) is 0 Å². The molecule has 7 heteroatoms. The summed E-state index contributed by atoms with van der Waals surface area (Å²) in [7, 11) is 0. The third kappa shape index (κ3) is 4.76. The summed E-state index contributed by atoms with van der Waals surface area (Å²) in [5.41, 5.74) is 11.1. The largest absolute Gasteiger partial charge is 0.368 e. The molecule has 0 spiro atoms. The Kier molecular flexibility index (Phi) is 5.83. The Morgan fingerprint density at radius 1 is 0.727 bits per heavy atom. The lowest BCUT2D eigenvalue weighted by Gasteiger charge is -2.25. The first-order chi connectivity index (χ1) is 16.2. The van der Waals surface area contributed by atoms with Crippen LogP contribution < -0.4 is 10.6 Å². The molecule has 2 heterocycles. The van der Waals surface area contributed by atoms with E-state index in [0.717, 1.165) is 16.7 Å². The van der Waals surface area contributed by atoms with Gasteiger partial charge in [-0.1, -0.05) is 84.4 Å². The average Bonchev–Trinajstić information content (AvgIpc) is 2.85. The first-order valence-electron chi connectivity index (χ1n) is 10.5. The first kappa shape index (κ1) is 20.8. The minimum Gasteiger partial charge on any atom is -0.368 e. The number of fused-ring (bicyclic) bond motifs is 1. The minimum absolute atomic E-state index is 0.164. The van der Waals surface area contributed by atoms with E-state index in [2.05, 4.69) is 44.1 Å². The second-order valence-electron chi connectivity index (χ2n) is 7.67. The van der Waals surface area contributed by atoms with Crippen molar-refractivity contribution in [2.45, 2.75) is 13.1 Å². The maximum Gasteiger partial charge on any atom is 0.224 e. The van der Waals surface area contributed by atoms with Crippen LogP contribution in [0.15, 0.2) is 91.1 Å². The monoisotopic (exact) mass is 452 g/mol. The first-order valence-corrected chi connectivity index (χ1v) is 10.9. The smallest absolute Gasteiger partial charge is 0.224 e. The van der Waals surface area contributed by atoms with Crippen molar-refractivity contribution in [3.05, 3.63) is 107 Å². The number of rotatable bonds is 6. The van der Waals surface area contributed by atoms with Crippen LogP contribution in [0.1, 0.15) is 11.1 Å². The topological polar surface area (TPSA) is 80.8 Å². The summed E-state index contributed by atoms with van der Waals surface area (Å²) in [6.45, 7) is 1.27. The zero-order valence-electron chi connectivity index (χ0n) is 17.8. The van der Waals surface area contributed by atoms with Crippen LogP contribution in [0.4, 0.5) is 11.8 Å². The number of nitrogens with zero attached hydrogens (tertiary/aromatic N) is 5. The molecule has 33 heavy (non-hydrogen) atoms. The van der Waals surface area contributed by atoms with Crippen molar-refractivity contribution < 1.29 is 0 Å². The fraction of sp³-hybridized carbons (Fsp3) is 0.0769. The van der Waals surface area contributed by atoms with E-state index in [1.165, 1.54) is 0 Å². The van der Waals surface area contributed by atoms with Crippen molar-refractivity contribution in [1.29, 1.82) is 0 Å². The molecule has 0 aliphatic carbocycles. The van der Waals surface area contributed by atoms with Crippen molar-refractivity contribution in [1.82, 2.24) is 19.9 Å². The van der Waals surface area contributed by atoms with E-state index in [-0.39, 0.29) is 5.95 Å². The fourth-order valence-corrected chi connectivity index (χ4v) is 3.83. The molecule has 0 unspecified atom stereocenters. The highest BCUT2D eigenvalue weighted by atomic mass is 35.5. The number of benzene rings is 3. The van der Waals surface area contributed by atoms with Gasteiger partial charge in [-0.05, 0) is 23.3 Å². The number of hydrogen-bond acceptors (Lipinski definition) is 6. The third-order valence-electron chi connectivity index (χ3n) is 5.28. The van der Waals surface area contributed by atoms with Gasteiger partial charge in [-0.2, -0.15) is 9.97 Å². The van der Waals surface area contributed by atoms with E-state index in [0.29, 0.717) is 40.8 Å². The Morgan fingerprint density at radius 2 is 1.33 bits per heavy atom. The summed E-state index contributed by atoms with van der Waals surface area (Å²) in [4.78, 5) is 20.5. The normalized spacial score (nSPS) is 10.9. The molecule has 2 aromatic heterocycles. The molecule has 5 aromatic rings. The quantitative estimate of drug-likeness (QED) is 0.365. The molecule has 0 amide bonds. The van der Waals surface area contributed by atoms with E-state index >= 15 is 0 Å². The number of hydrogen-bond donors (Lipinski definition) is 1. The second kappa shape index (κ2) is 9.22. The second-order valence-corrected chi connectivity index (χ2v) is 8.10. The minimum atomic E-state index is 0.164. The van der Waals surface area contributed by atoms with Crippen molar-refractivity contribution in [3.8, 4) is 11.3 Å². The molecule has 0 atom stereocenters. The molecule has 2 N–H and O–H groups in total. The summed E-state index contributed by atoms with van der Waals surface area (Å²) in [6, 6.07) is 28.0. The molecule has 6 nitrogen and oxygen atoms in total. The van der Waals surface area contributed by atoms with Crippen LogP contribution in [-0.2, 0) is 13.1 Å². The van der Waals surface area contributed by atoms with Crippen LogP contribution in [0.2, 0.25) is 5.02 Å². The van der Waals surface area contributed by atoms with Gasteiger partial charge in [-0.15, -0.1) is 0 Å². The number of anilines is 2. The Bertz CT molecular complexity index is 1330. The summed E-state index contributed by atoms with van der Waals surface area (Å²) in [5, 5.41) is 0.668. The number of nitrogen functional groups attached to an aromatic ring is 1. The van der Waals surface area contributed by atoms with Crippen LogP contribution >= 0.6 is 11.6 Å². The highest BCUT2D eigenvalue weighted by Crippen LogP contribution is 2.28. The van der Waals surface area contributed by atoms with Crippen molar-refractivity contribution in [2.24, 2.45) is 0 Å². The predicted octanol–water partition coefficient (Wildman–Crippen LogP) is 5.53. The third-order valence-corrected chi connectivity index (χ3v) is 5.53. The molecule has 5 rings (SSSR count). The molecule has 0 aliphatic heterocycles. The number of nitrogens with two attached hydrogens (primary N) is 1. The Balaban J connectivity index is 1.63. The van der Waals surface area contributed by atoms with E-state index < -0.39 is 0 Å². The molecule has 0 bridgehead atoms. The molecule has 3 aromatic carbocycles. The van der Waals surface area contributed by atoms with Crippen LogP contribution in [0, 0.1) is 0 Å². The lowest BCUT2D eigenvalue weighted by atomic mass is 10.1. The van der Waals surface area contributed by atoms with Crippen molar-refractivity contribution in [2.75, 3.05) is 10.6 Å². The van der Waals surface area contributed by atoms with Gasteiger partial charge in [0.1, 0.15) is 0 Å². The van der Waals surface area contributed by atoms with Crippen molar-refractivity contribution in [3.63, 3.8) is 0 Å². The highest BCUT2D eigenvalue weighted by Gasteiger charge is 2.18. The zero-order valence-corrected chi connectivity index (χ0v) is 18.5. The number of aromatic nitrogens is 4. The van der Waals surface area contributed by atoms with E-state index in [1.54, 1.807) is 6.20 Å². The summed E-state index contributed by atoms with van der Waals surface area (Å²) in [5.74, 6) is 0.811. The maximum absolute atomic E-state index is 6.08. The zero-order chi connectivity index (χ0) is 22.6. The molecule has 0 radical (unpaired) electrons. The van der Waals surface area contributed by atoms with E-state index in [9.17, 15) is 0 Å². The highest BCUT2D eigenvalue weighted by molar-refractivity contribution is 6.30. The summed E-state index contributed by atoms with van der Waals surface area (Å²) in [6.07, 6.45) is 1.69. The van der Waals surface area contributed by atoms with Gasteiger partial charge < -0.3 is 10.6 Å². The Hall–Kier alpha value is -4.03. The SMILES string of the molecule is Nc1nc(N(Cc2ccccc2)Cc2ccccc2)c2nc(-c3ccc(Cl)cc3)cnc2n1. The maximum atomic E-state index is 6.08. The molecule has 162 valence electrons. The van der Waals surface area contributed by atoms with E-state index in [4.69, 9.17) is 22.3 Å². The standard InChI is InChI=1S/C26H21ClN6/c27-21-13-11-20(12-14-21)22-15-29-24-23(30-22)25(32-26(28)31-24)33(16-18-7-3-1-4-8-18)17-19-9-5-2-6-10-19/h1-15H,16-17H2,(H2,28,29,31,32). The lowest BCUT2D eigenvalue weighted by Crippen LogP contribution is -2.24. The van der Waals surface area contributed by atoms with Crippen LogP contribution in [-0.4, -0.2) is 19.9 Å². The van der Waals surface area contributed by atoms with Crippen LogP contribution in [0.25, 0.3) is 22.4 Å². The van der Waals surface area contributed by atoms with Gasteiger partial charge in [0.2, 0.25) is 5.95 Å². The van der Waals surface area contributed by atoms with Gasteiger partial charge >= 0.3 is 0 Å². The van der Waals surface area contributed by atoms with Crippen LogP contribution in [0.3, 0.4) is 0 Å². The van der Waals surface area contributed by atoms with Gasteiger partial charge in [-0.25, -0.2) is 9.97 Å². The van der Waals surface area contributed by atoms with E-state index in [1.807, 2.05) is 60.7 Å². The molecule has 0 saturated carbocycles. The molecular weight excluding hydrogens is 432 g/mol. The molecule has 0 saturated heterocycles. The summed E-state index contributed by atoms with van der Waals surface area (Å²) < 4.78 is 0. The Labute approximate surface area is 196 Å². The van der Waals surface area contributed by atoms with Gasteiger partial charge in [0, 0.05) is 23.7 Å². The van der Waals surface area contributed by atoms with Crippen molar-refractivity contribution >= 4 is 34.5 Å². The molecule has 0 fully saturated rings. The fourth-order valence-electron chi connectivity index (χ4n) is 3.70. The summed E-state index contributed by atoms with van der Waals surface area (Å²) >= 11 is 6.06. The van der Waals surface area contributed by atoms with Gasteiger partial charge in [0.15, 0.2) is 17.0 Å². The number of halogens is 1. The lowest BCUT2D eigenvalue weighted by molar-refractivity contribution is 0.785. The van der Waals surface area contributed by atoms with Gasteiger partial charge in [-0.3, -0.25) is 0 Å². The Morgan fingerprint density at radius 3 is 1.94 bits per heavy atom. The van der Waals surface area contributed by atoms with Gasteiger partial charge in [0.25, 0.3) is 0 Å². The average molecular weight is 453 g/mol.